The summed E-state index contributed by atoms with van der Waals surface area (Å²) in [6, 6.07) is 0.397. The molecule has 3 fully saturated rings. The van der Waals surface area contributed by atoms with Gasteiger partial charge in [0.1, 0.15) is 0 Å². The zero-order valence-corrected chi connectivity index (χ0v) is 13.5. The lowest BCUT2D eigenvalue weighted by Crippen LogP contribution is -2.56. The molecule has 114 valence electrons. The predicted molar refractivity (Wildman–Crippen MR) is 81.3 cm³/mol. The highest BCUT2D eigenvalue weighted by Crippen LogP contribution is 2.65. The average molecular weight is 278 g/mol. The van der Waals surface area contributed by atoms with Gasteiger partial charge in [0.25, 0.3) is 0 Å². The van der Waals surface area contributed by atoms with E-state index in [2.05, 4.69) is 38.3 Å². The Morgan fingerprint density at radius 3 is 2.55 bits per heavy atom. The third kappa shape index (κ3) is 1.93. The van der Waals surface area contributed by atoms with E-state index in [4.69, 9.17) is 0 Å². The Labute approximate surface area is 123 Å². The van der Waals surface area contributed by atoms with Crippen molar-refractivity contribution in [3.05, 3.63) is 0 Å². The highest BCUT2D eigenvalue weighted by molar-refractivity contribution is 5.82. The Balaban J connectivity index is 1.68. The maximum absolute atomic E-state index is 12.6. The van der Waals surface area contributed by atoms with Gasteiger partial charge >= 0.3 is 0 Å². The van der Waals surface area contributed by atoms with Crippen molar-refractivity contribution in [3.8, 4) is 0 Å². The first-order chi connectivity index (χ1) is 9.36. The standard InChI is InChI=1S/C17H30N2O/c1-11-6-5-9-18-14(11)15(20)19-13-10-12-7-8-17(13,4)16(12,2)3/h11-14,18H,5-10H2,1-4H3,(H,19,20). The number of carbonyl (C=O) groups excluding carboxylic acids is 1. The third-order valence-corrected chi connectivity index (χ3v) is 7.16. The van der Waals surface area contributed by atoms with Crippen molar-refractivity contribution >= 4 is 5.91 Å². The zero-order valence-electron chi connectivity index (χ0n) is 13.5. The highest BCUT2D eigenvalue weighted by Gasteiger charge is 2.61. The van der Waals surface area contributed by atoms with Crippen LogP contribution in [0.15, 0.2) is 0 Å². The molecule has 0 spiro atoms. The summed E-state index contributed by atoms with van der Waals surface area (Å²) in [4.78, 5) is 12.6. The van der Waals surface area contributed by atoms with E-state index in [1.54, 1.807) is 0 Å². The SMILES string of the molecule is CC1CCCNC1C(=O)NC1CC2CCC1(C)C2(C)C. The molecule has 1 heterocycles. The van der Waals surface area contributed by atoms with Gasteiger partial charge < -0.3 is 10.6 Å². The number of carbonyl (C=O) groups is 1. The first-order valence-corrected chi connectivity index (χ1v) is 8.40. The van der Waals surface area contributed by atoms with Gasteiger partial charge in [-0.1, -0.05) is 27.7 Å². The van der Waals surface area contributed by atoms with Crippen LogP contribution in [0.25, 0.3) is 0 Å². The van der Waals surface area contributed by atoms with E-state index in [0.29, 0.717) is 17.4 Å². The molecule has 3 heteroatoms. The Kier molecular flexibility index (Phi) is 3.39. The Bertz CT molecular complexity index is 406. The van der Waals surface area contributed by atoms with E-state index in [-0.39, 0.29) is 17.4 Å². The quantitative estimate of drug-likeness (QED) is 0.815. The van der Waals surface area contributed by atoms with E-state index >= 15 is 0 Å². The number of nitrogens with one attached hydrogen (secondary N) is 2. The molecule has 5 unspecified atom stereocenters. The largest absolute Gasteiger partial charge is 0.351 e. The molecule has 1 saturated heterocycles. The normalized spacial score (nSPS) is 46.4. The number of rotatable bonds is 2. The minimum Gasteiger partial charge on any atom is -0.351 e. The number of fused-ring (bicyclic) bond motifs is 2. The van der Waals surface area contributed by atoms with Crippen LogP contribution in [0.1, 0.15) is 59.8 Å². The van der Waals surface area contributed by atoms with Gasteiger partial charge in [0.2, 0.25) is 5.91 Å². The van der Waals surface area contributed by atoms with Crippen LogP contribution in [0, 0.1) is 22.7 Å². The van der Waals surface area contributed by atoms with Gasteiger partial charge in [-0.25, -0.2) is 0 Å². The molecule has 1 aliphatic heterocycles. The van der Waals surface area contributed by atoms with Gasteiger partial charge in [-0.2, -0.15) is 0 Å². The Hall–Kier alpha value is -0.570. The Morgan fingerprint density at radius 2 is 2.00 bits per heavy atom. The third-order valence-electron chi connectivity index (χ3n) is 7.16. The molecule has 5 atom stereocenters. The fraction of sp³-hybridized carbons (Fsp3) is 0.941. The Morgan fingerprint density at radius 1 is 1.25 bits per heavy atom. The fourth-order valence-electron chi connectivity index (χ4n) is 5.08. The molecule has 3 aliphatic rings. The van der Waals surface area contributed by atoms with Crippen LogP contribution in [-0.2, 0) is 4.79 Å². The van der Waals surface area contributed by atoms with Crippen molar-refractivity contribution in [2.45, 2.75) is 71.9 Å². The minimum atomic E-state index is 0.0228. The van der Waals surface area contributed by atoms with Gasteiger partial charge in [-0.3, -0.25) is 4.79 Å². The van der Waals surface area contributed by atoms with E-state index < -0.39 is 0 Å². The van der Waals surface area contributed by atoms with Crippen molar-refractivity contribution in [1.82, 2.24) is 10.6 Å². The molecule has 2 N–H and O–H groups in total. The number of piperidine rings is 1. The minimum absolute atomic E-state index is 0.0228. The van der Waals surface area contributed by atoms with Gasteiger partial charge in [0, 0.05) is 6.04 Å². The number of hydrogen-bond acceptors (Lipinski definition) is 2. The van der Waals surface area contributed by atoms with Crippen LogP contribution in [0.2, 0.25) is 0 Å². The van der Waals surface area contributed by atoms with Crippen molar-refractivity contribution < 1.29 is 4.79 Å². The van der Waals surface area contributed by atoms with Gasteiger partial charge in [-0.05, 0) is 61.3 Å². The molecule has 0 aromatic carbocycles. The fourth-order valence-corrected chi connectivity index (χ4v) is 5.08. The summed E-state index contributed by atoms with van der Waals surface area (Å²) in [6.45, 7) is 10.4. The maximum atomic E-state index is 12.6. The predicted octanol–water partition coefficient (Wildman–Crippen LogP) is 2.71. The molecular formula is C17H30N2O. The zero-order chi connectivity index (χ0) is 14.5. The molecule has 20 heavy (non-hydrogen) atoms. The molecule has 1 amide bonds. The van der Waals surface area contributed by atoms with Crippen LogP contribution < -0.4 is 10.6 Å². The molecule has 0 radical (unpaired) electrons. The number of hydrogen-bond donors (Lipinski definition) is 2. The van der Waals surface area contributed by atoms with Gasteiger partial charge in [0.05, 0.1) is 6.04 Å². The van der Waals surface area contributed by atoms with Crippen molar-refractivity contribution in [3.63, 3.8) is 0 Å². The van der Waals surface area contributed by atoms with E-state index in [9.17, 15) is 4.79 Å². The monoisotopic (exact) mass is 278 g/mol. The molecule has 0 aromatic heterocycles. The van der Waals surface area contributed by atoms with Crippen LogP contribution in [0.5, 0.6) is 0 Å². The number of amides is 1. The lowest BCUT2D eigenvalue weighted by molar-refractivity contribution is -0.126. The molecule has 0 aromatic rings. The topological polar surface area (TPSA) is 41.1 Å². The lowest BCUT2D eigenvalue weighted by Gasteiger charge is -2.40. The van der Waals surface area contributed by atoms with E-state index in [0.717, 1.165) is 12.5 Å². The highest BCUT2D eigenvalue weighted by atomic mass is 16.2. The summed E-state index contributed by atoms with van der Waals surface area (Å²) in [5, 5.41) is 6.81. The summed E-state index contributed by atoms with van der Waals surface area (Å²) in [5.41, 5.74) is 0.655. The molecule has 3 nitrogen and oxygen atoms in total. The van der Waals surface area contributed by atoms with E-state index in [1.807, 2.05) is 0 Å². The lowest BCUT2D eigenvalue weighted by atomic mass is 9.69. The van der Waals surface area contributed by atoms with Crippen molar-refractivity contribution in [1.29, 1.82) is 0 Å². The second-order valence-corrected chi connectivity index (χ2v) is 8.22. The smallest absolute Gasteiger partial charge is 0.237 e. The molecule has 2 bridgehead atoms. The molecule has 2 aliphatic carbocycles. The second kappa shape index (κ2) is 4.72. The summed E-state index contributed by atoms with van der Waals surface area (Å²) < 4.78 is 0. The first kappa shape index (κ1) is 14.4. The van der Waals surface area contributed by atoms with Crippen LogP contribution in [0.4, 0.5) is 0 Å². The van der Waals surface area contributed by atoms with Crippen LogP contribution in [0.3, 0.4) is 0 Å². The average Bonchev–Trinajstić information content (AvgIpc) is 2.72. The van der Waals surface area contributed by atoms with Crippen LogP contribution in [-0.4, -0.2) is 24.5 Å². The van der Waals surface area contributed by atoms with Gasteiger partial charge in [0.15, 0.2) is 0 Å². The molecule has 3 rings (SSSR count). The van der Waals surface area contributed by atoms with E-state index in [1.165, 1.54) is 32.1 Å². The maximum Gasteiger partial charge on any atom is 0.237 e. The summed E-state index contributed by atoms with van der Waals surface area (Å²) >= 11 is 0. The summed E-state index contributed by atoms with van der Waals surface area (Å²) in [6.07, 6.45) is 6.15. The molecule has 2 saturated carbocycles. The van der Waals surface area contributed by atoms with Crippen LogP contribution >= 0.6 is 0 Å². The first-order valence-electron chi connectivity index (χ1n) is 8.40. The van der Waals surface area contributed by atoms with Gasteiger partial charge in [-0.15, -0.1) is 0 Å². The van der Waals surface area contributed by atoms with Crippen molar-refractivity contribution in [2.75, 3.05) is 6.54 Å². The van der Waals surface area contributed by atoms with Crippen molar-refractivity contribution in [2.24, 2.45) is 22.7 Å². The summed E-state index contributed by atoms with van der Waals surface area (Å²) in [7, 11) is 0. The summed E-state index contributed by atoms with van der Waals surface area (Å²) in [5.74, 6) is 1.49. The second-order valence-electron chi connectivity index (χ2n) is 8.22. The molecular weight excluding hydrogens is 248 g/mol.